The van der Waals surface area contributed by atoms with Crippen molar-refractivity contribution in [3.8, 4) is 0 Å². The molecule has 88 valence electrons. The van der Waals surface area contributed by atoms with E-state index in [1.54, 1.807) is 24.3 Å². The van der Waals surface area contributed by atoms with Crippen molar-refractivity contribution in [2.24, 2.45) is 0 Å². The van der Waals surface area contributed by atoms with Crippen LogP contribution in [0.5, 0.6) is 0 Å². The van der Waals surface area contributed by atoms with E-state index in [4.69, 9.17) is 21.1 Å². The zero-order valence-electron chi connectivity index (χ0n) is 8.57. The molecule has 0 saturated heterocycles. The number of ether oxygens (including phenoxy) is 2. The molecule has 0 N–H and O–H groups in total. The lowest BCUT2D eigenvalue weighted by atomic mass is 10.2. The Balaban J connectivity index is 2.40. The van der Waals surface area contributed by atoms with Gasteiger partial charge < -0.3 is 9.47 Å². The van der Waals surface area contributed by atoms with Gasteiger partial charge >= 0.3 is 5.97 Å². The Labute approximate surface area is 108 Å². The highest BCUT2D eigenvalue weighted by Gasteiger charge is 2.12. The molecule has 0 saturated carbocycles. The molecule has 0 heterocycles. The van der Waals surface area contributed by atoms with Crippen molar-refractivity contribution in [3.63, 3.8) is 0 Å². The van der Waals surface area contributed by atoms with Gasteiger partial charge in [0.25, 0.3) is 0 Å². The van der Waals surface area contributed by atoms with Crippen molar-refractivity contribution in [3.05, 3.63) is 35.9 Å². The molecule has 0 spiro atoms. The molecule has 0 aliphatic heterocycles. The molecule has 0 fully saturated rings. The van der Waals surface area contributed by atoms with Crippen LogP contribution >= 0.6 is 27.5 Å². The number of carbonyl (C=O) groups excluding carboxylic acids is 1. The molecule has 3 nitrogen and oxygen atoms in total. The largest absolute Gasteiger partial charge is 0.459 e. The summed E-state index contributed by atoms with van der Waals surface area (Å²) in [4.78, 5) is 11.5. The van der Waals surface area contributed by atoms with Crippen LogP contribution < -0.4 is 0 Å². The van der Waals surface area contributed by atoms with E-state index >= 15 is 0 Å². The van der Waals surface area contributed by atoms with E-state index in [1.165, 1.54) is 0 Å². The second-order valence-corrected chi connectivity index (χ2v) is 3.88. The normalized spacial score (nSPS) is 12.1. The maximum atomic E-state index is 11.5. The number of halogens is 2. The van der Waals surface area contributed by atoms with Crippen LogP contribution in [0.3, 0.4) is 0 Å². The minimum atomic E-state index is -0.357. The van der Waals surface area contributed by atoms with Gasteiger partial charge in [0.1, 0.15) is 18.8 Å². The first-order valence-corrected chi connectivity index (χ1v) is 6.39. The van der Waals surface area contributed by atoms with Gasteiger partial charge in [-0.05, 0) is 12.1 Å². The molecule has 0 aliphatic carbocycles. The van der Waals surface area contributed by atoms with E-state index in [9.17, 15) is 4.79 Å². The Morgan fingerprint density at radius 2 is 2.06 bits per heavy atom. The van der Waals surface area contributed by atoms with E-state index in [0.29, 0.717) is 10.9 Å². The molecule has 5 heteroatoms. The molecule has 0 radical (unpaired) electrons. The zero-order valence-corrected chi connectivity index (χ0v) is 10.9. The second kappa shape index (κ2) is 7.65. The molecule has 1 aromatic carbocycles. The van der Waals surface area contributed by atoms with Gasteiger partial charge in [0, 0.05) is 5.33 Å². The molecular formula is C11H12BrClO3. The maximum absolute atomic E-state index is 11.5. The topological polar surface area (TPSA) is 35.5 Å². The van der Waals surface area contributed by atoms with Crippen molar-refractivity contribution in [1.82, 2.24) is 0 Å². The number of benzene rings is 1. The standard InChI is InChI=1S/C11H12BrClO3/c12-6-10(16-8-13)7-15-11(14)9-4-2-1-3-5-9/h1-5,10H,6-8H2. The van der Waals surface area contributed by atoms with Crippen molar-refractivity contribution < 1.29 is 14.3 Å². The Morgan fingerprint density at radius 3 is 2.62 bits per heavy atom. The van der Waals surface area contributed by atoms with Crippen LogP contribution in [-0.2, 0) is 9.47 Å². The number of esters is 1. The molecule has 16 heavy (non-hydrogen) atoms. The quantitative estimate of drug-likeness (QED) is 0.599. The first-order valence-electron chi connectivity index (χ1n) is 4.73. The van der Waals surface area contributed by atoms with E-state index in [2.05, 4.69) is 15.9 Å². The fraction of sp³-hybridized carbons (Fsp3) is 0.364. The summed E-state index contributed by atoms with van der Waals surface area (Å²) < 4.78 is 10.2. The van der Waals surface area contributed by atoms with Gasteiger partial charge in [0.2, 0.25) is 0 Å². The van der Waals surface area contributed by atoms with Crippen LogP contribution in [0.2, 0.25) is 0 Å². The minimum Gasteiger partial charge on any atom is -0.459 e. The first kappa shape index (κ1) is 13.5. The summed E-state index contributed by atoms with van der Waals surface area (Å²) in [6, 6.07) is 8.90. The molecule has 0 aliphatic rings. The molecule has 1 aromatic rings. The summed E-state index contributed by atoms with van der Waals surface area (Å²) in [6.45, 7) is 0.186. The van der Waals surface area contributed by atoms with Crippen molar-refractivity contribution in [2.75, 3.05) is 18.0 Å². The SMILES string of the molecule is O=C(OCC(CBr)OCCl)c1ccccc1. The molecule has 1 unspecified atom stereocenters. The van der Waals surface area contributed by atoms with Gasteiger partial charge in [-0.15, -0.1) is 0 Å². The summed E-state index contributed by atoms with van der Waals surface area (Å²) in [5.74, 6) is -0.357. The average molecular weight is 308 g/mol. The molecule has 0 bridgehead atoms. The maximum Gasteiger partial charge on any atom is 0.338 e. The highest BCUT2D eigenvalue weighted by Crippen LogP contribution is 2.04. The Hall–Kier alpha value is -0.580. The lowest BCUT2D eigenvalue weighted by Crippen LogP contribution is -2.23. The van der Waals surface area contributed by atoms with Gasteiger partial charge in [0.05, 0.1) is 5.56 Å². The van der Waals surface area contributed by atoms with Crippen LogP contribution in [0.15, 0.2) is 30.3 Å². The third-order valence-electron chi connectivity index (χ3n) is 1.88. The lowest BCUT2D eigenvalue weighted by molar-refractivity contribution is 0.0143. The third-order valence-corrected chi connectivity index (χ3v) is 2.73. The molecule has 1 atom stereocenters. The summed E-state index contributed by atoms with van der Waals surface area (Å²) in [5, 5.41) is 0.571. The fourth-order valence-corrected chi connectivity index (χ4v) is 1.60. The summed E-state index contributed by atoms with van der Waals surface area (Å²) in [7, 11) is 0. The zero-order chi connectivity index (χ0) is 11.8. The highest BCUT2D eigenvalue weighted by atomic mass is 79.9. The van der Waals surface area contributed by atoms with Crippen LogP contribution in [0.25, 0.3) is 0 Å². The van der Waals surface area contributed by atoms with Gasteiger partial charge in [-0.25, -0.2) is 4.79 Å². The molecule has 1 rings (SSSR count). The Morgan fingerprint density at radius 1 is 1.38 bits per heavy atom. The first-order chi connectivity index (χ1) is 7.77. The predicted molar refractivity (Wildman–Crippen MR) is 66.1 cm³/mol. The fourth-order valence-electron chi connectivity index (χ4n) is 1.05. The third kappa shape index (κ3) is 4.51. The number of rotatable bonds is 6. The van der Waals surface area contributed by atoms with E-state index in [0.717, 1.165) is 0 Å². The Bertz CT molecular complexity index is 318. The molecular weight excluding hydrogens is 295 g/mol. The van der Waals surface area contributed by atoms with Crippen LogP contribution in [0.1, 0.15) is 10.4 Å². The van der Waals surface area contributed by atoms with Gasteiger partial charge in [-0.1, -0.05) is 45.7 Å². The van der Waals surface area contributed by atoms with Crippen molar-refractivity contribution in [1.29, 1.82) is 0 Å². The number of alkyl halides is 2. The smallest absolute Gasteiger partial charge is 0.338 e. The summed E-state index contributed by atoms with van der Waals surface area (Å²) in [5.41, 5.74) is 0.529. The van der Waals surface area contributed by atoms with Gasteiger partial charge in [0.15, 0.2) is 0 Å². The second-order valence-electron chi connectivity index (χ2n) is 3.02. The van der Waals surface area contributed by atoms with E-state index in [1.807, 2.05) is 6.07 Å². The molecule has 0 amide bonds. The summed E-state index contributed by atoms with van der Waals surface area (Å²) >= 11 is 8.67. The highest BCUT2D eigenvalue weighted by molar-refractivity contribution is 9.09. The summed E-state index contributed by atoms with van der Waals surface area (Å²) in [6.07, 6.45) is -0.217. The monoisotopic (exact) mass is 306 g/mol. The minimum absolute atomic E-state index is 0.0825. The lowest BCUT2D eigenvalue weighted by Gasteiger charge is -2.13. The van der Waals surface area contributed by atoms with Gasteiger partial charge in [-0.3, -0.25) is 0 Å². The Kier molecular flexibility index (Phi) is 6.45. The number of carbonyl (C=O) groups is 1. The molecule has 0 aromatic heterocycles. The van der Waals surface area contributed by atoms with Crippen LogP contribution in [-0.4, -0.2) is 30.1 Å². The predicted octanol–water partition coefficient (Wildman–Crippen LogP) is 2.82. The number of hydrogen-bond donors (Lipinski definition) is 0. The average Bonchev–Trinajstić information content (AvgIpc) is 2.35. The van der Waals surface area contributed by atoms with E-state index in [-0.39, 0.29) is 24.7 Å². The van der Waals surface area contributed by atoms with Gasteiger partial charge in [-0.2, -0.15) is 0 Å². The van der Waals surface area contributed by atoms with Crippen molar-refractivity contribution >= 4 is 33.5 Å². The van der Waals surface area contributed by atoms with Crippen molar-refractivity contribution in [2.45, 2.75) is 6.10 Å². The van der Waals surface area contributed by atoms with Crippen LogP contribution in [0, 0.1) is 0 Å². The van der Waals surface area contributed by atoms with E-state index < -0.39 is 0 Å². The van der Waals surface area contributed by atoms with Crippen LogP contribution in [0.4, 0.5) is 0 Å². The number of hydrogen-bond acceptors (Lipinski definition) is 3.